The minimum atomic E-state index is -3.79. The van der Waals surface area contributed by atoms with Crippen molar-refractivity contribution in [3.63, 3.8) is 0 Å². The zero-order chi connectivity index (χ0) is 32.9. The van der Waals surface area contributed by atoms with Gasteiger partial charge in [-0.2, -0.15) is 9.40 Å². The Morgan fingerprint density at radius 3 is 1.96 bits per heavy atom. The Morgan fingerprint density at radius 1 is 0.809 bits per heavy atom. The highest BCUT2D eigenvalue weighted by Gasteiger charge is 2.36. The number of nitrogens with zero attached hydrogens (tertiary/aromatic N) is 3. The lowest BCUT2D eigenvalue weighted by atomic mass is 9.84. The van der Waals surface area contributed by atoms with E-state index in [-0.39, 0.29) is 33.2 Å². The van der Waals surface area contributed by atoms with E-state index in [2.05, 4.69) is 52.5 Å². The van der Waals surface area contributed by atoms with Crippen molar-refractivity contribution < 1.29 is 13.2 Å². The van der Waals surface area contributed by atoms with E-state index in [1.807, 2.05) is 24.3 Å². The van der Waals surface area contributed by atoms with Crippen LogP contribution in [-0.2, 0) is 10.0 Å². The molecule has 7 nitrogen and oxygen atoms in total. The number of sulfonamides is 1. The first-order chi connectivity index (χ1) is 22.6. The Labute approximate surface area is 289 Å². The van der Waals surface area contributed by atoms with Crippen LogP contribution in [0, 0.1) is 0 Å². The topological polar surface area (TPSA) is 84.3 Å². The van der Waals surface area contributed by atoms with Gasteiger partial charge in [-0.15, -0.1) is 0 Å². The molecule has 0 spiro atoms. The standard InChI is InChI=1S/C36H33Cl3N4O3S/c1-40-36(44)30-14-13-29(21-32(30)39)47(45,46)42-18-16-24(17-19-42)35-31-20-25(6-15-33(31)41-43(35)28-11-12-28)34(22-2-7-26(37)8-3-22)23-4-9-27(38)10-5-23/h2-10,13-15,20-21,24,28,34H,11-12,16-19H2,1H3,(H,40,44). The smallest absolute Gasteiger partial charge is 0.252 e. The number of benzene rings is 4. The molecule has 1 saturated heterocycles. The zero-order valence-electron chi connectivity index (χ0n) is 25.7. The lowest BCUT2D eigenvalue weighted by molar-refractivity contribution is 0.0963. The van der Waals surface area contributed by atoms with Gasteiger partial charge in [-0.3, -0.25) is 9.48 Å². The number of nitrogens with one attached hydrogen (secondary N) is 1. The Kier molecular flexibility index (Phi) is 8.83. The van der Waals surface area contributed by atoms with Crippen molar-refractivity contribution in [1.29, 1.82) is 0 Å². The molecule has 1 aliphatic heterocycles. The fourth-order valence-electron chi connectivity index (χ4n) is 6.70. The minimum absolute atomic E-state index is 0.0420. The largest absolute Gasteiger partial charge is 0.355 e. The first-order valence-electron chi connectivity index (χ1n) is 15.7. The molecular weight excluding hydrogens is 675 g/mol. The summed E-state index contributed by atoms with van der Waals surface area (Å²) < 4.78 is 31.0. The van der Waals surface area contributed by atoms with Gasteiger partial charge in [-0.05, 0) is 97.0 Å². The molecule has 7 rings (SSSR count). The monoisotopic (exact) mass is 706 g/mol. The van der Waals surface area contributed by atoms with Crippen LogP contribution >= 0.6 is 34.8 Å². The third-order valence-electron chi connectivity index (χ3n) is 9.28. The van der Waals surface area contributed by atoms with Crippen molar-refractivity contribution in [2.45, 2.75) is 48.5 Å². The van der Waals surface area contributed by atoms with Crippen molar-refractivity contribution in [2.75, 3.05) is 20.1 Å². The van der Waals surface area contributed by atoms with E-state index in [0.29, 0.717) is 42.0 Å². The van der Waals surface area contributed by atoms with Crippen molar-refractivity contribution in [3.8, 4) is 0 Å². The Morgan fingerprint density at radius 2 is 1.40 bits per heavy atom. The summed E-state index contributed by atoms with van der Waals surface area (Å²) in [7, 11) is -2.29. The van der Waals surface area contributed by atoms with Gasteiger partial charge in [0.1, 0.15) is 0 Å². The molecule has 1 amide bonds. The normalized spacial score (nSPS) is 16.2. The van der Waals surface area contributed by atoms with Gasteiger partial charge in [0.2, 0.25) is 10.0 Å². The highest BCUT2D eigenvalue weighted by Crippen LogP contribution is 2.44. The quantitative estimate of drug-likeness (QED) is 0.164. The van der Waals surface area contributed by atoms with Crippen LogP contribution in [-0.4, -0.2) is 48.5 Å². The Hall–Kier alpha value is -3.40. The van der Waals surface area contributed by atoms with E-state index in [0.717, 1.165) is 40.4 Å². The van der Waals surface area contributed by atoms with Crippen LogP contribution < -0.4 is 5.32 Å². The van der Waals surface area contributed by atoms with Gasteiger partial charge in [0, 0.05) is 53.1 Å². The lowest BCUT2D eigenvalue weighted by Crippen LogP contribution is -2.38. The Bertz CT molecular complexity index is 2020. The van der Waals surface area contributed by atoms with Crippen LogP contribution in [0.25, 0.3) is 10.9 Å². The summed E-state index contributed by atoms with van der Waals surface area (Å²) in [5.41, 5.74) is 5.74. The van der Waals surface area contributed by atoms with E-state index in [9.17, 15) is 13.2 Å². The van der Waals surface area contributed by atoms with Crippen LogP contribution in [0.4, 0.5) is 0 Å². The highest BCUT2D eigenvalue weighted by atomic mass is 35.5. The summed E-state index contributed by atoms with van der Waals surface area (Å²) in [5, 5.41) is 10.2. The van der Waals surface area contributed by atoms with E-state index < -0.39 is 10.0 Å². The third kappa shape index (κ3) is 6.30. The second kappa shape index (κ2) is 12.9. The summed E-state index contributed by atoms with van der Waals surface area (Å²) in [4.78, 5) is 12.2. The summed E-state index contributed by atoms with van der Waals surface area (Å²) >= 11 is 18.8. The van der Waals surface area contributed by atoms with Gasteiger partial charge in [-0.1, -0.05) is 65.1 Å². The molecule has 0 bridgehead atoms. The molecule has 242 valence electrons. The molecule has 1 N–H and O–H groups in total. The average molecular weight is 708 g/mol. The van der Waals surface area contributed by atoms with Crippen LogP contribution in [0.1, 0.15) is 76.3 Å². The van der Waals surface area contributed by atoms with Gasteiger partial charge >= 0.3 is 0 Å². The summed E-state index contributed by atoms with van der Waals surface area (Å²) in [6.07, 6.45) is 3.51. The highest BCUT2D eigenvalue weighted by molar-refractivity contribution is 7.89. The third-order valence-corrected chi connectivity index (χ3v) is 12.0. The zero-order valence-corrected chi connectivity index (χ0v) is 28.8. The van der Waals surface area contributed by atoms with Crippen molar-refractivity contribution in [2.24, 2.45) is 0 Å². The molecule has 0 radical (unpaired) electrons. The number of fused-ring (bicyclic) bond motifs is 1. The number of rotatable bonds is 8. The molecule has 1 saturated carbocycles. The van der Waals surface area contributed by atoms with Crippen LogP contribution in [0.15, 0.2) is 89.8 Å². The number of hydrogen-bond donors (Lipinski definition) is 1. The molecule has 2 aliphatic rings. The number of piperidine rings is 1. The van der Waals surface area contributed by atoms with Gasteiger partial charge in [0.05, 0.1) is 27.0 Å². The second-order valence-corrected chi connectivity index (χ2v) is 15.5. The van der Waals surface area contributed by atoms with Crippen LogP contribution in [0.5, 0.6) is 0 Å². The number of hydrogen-bond acceptors (Lipinski definition) is 4. The van der Waals surface area contributed by atoms with Gasteiger partial charge in [0.25, 0.3) is 5.91 Å². The predicted octanol–water partition coefficient (Wildman–Crippen LogP) is 8.44. The number of amides is 1. The van der Waals surface area contributed by atoms with Crippen molar-refractivity contribution in [1.82, 2.24) is 19.4 Å². The minimum Gasteiger partial charge on any atom is -0.355 e. The SMILES string of the molecule is CNC(=O)c1ccc(S(=O)(=O)N2CCC(c3c4cc(C(c5ccc(Cl)cc5)c5ccc(Cl)cc5)ccc4nn3C3CC3)CC2)cc1Cl. The first-order valence-corrected chi connectivity index (χ1v) is 18.3. The molecule has 1 aromatic heterocycles. The van der Waals surface area contributed by atoms with Gasteiger partial charge in [0.15, 0.2) is 0 Å². The molecule has 11 heteroatoms. The fraction of sp³-hybridized carbons (Fsp3) is 0.278. The molecule has 2 fully saturated rings. The van der Waals surface area contributed by atoms with Crippen molar-refractivity contribution >= 4 is 61.6 Å². The maximum atomic E-state index is 13.6. The molecule has 0 atom stereocenters. The molecule has 5 aromatic rings. The number of halogens is 3. The van der Waals surface area contributed by atoms with Crippen molar-refractivity contribution in [3.05, 3.63) is 128 Å². The molecule has 4 aromatic carbocycles. The second-order valence-electron chi connectivity index (χ2n) is 12.3. The number of carbonyl (C=O) groups excluding carboxylic acids is 1. The number of carbonyl (C=O) groups is 1. The van der Waals surface area contributed by atoms with Gasteiger partial charge < -0.3 is 5.32 Å². The molecule has 2 heterocycles. The predicted molar refractivity (Wildman–Crippen MR) is 187 cm³/mol. The van der Waals surface area contributed by atoms with E-state index in [4.69, 9.17) is 39.9 Å². The van der Waals surface area contributed by atoms with Gasteiger partial charge in [-0.25, -0.2) is 8.42 Å². The average Bonchev–Trinajstić information content (AvgIpc) is 3.86. The van der Waals surface area contributed by atoms with E-state index >= 15 is 0 Å². The Balaban J connectivity index is 1.21. The van der Waals surface area contributed by atoms with E-state index in [1.165, 1.54) is 35.2 Å². The summed E-state index contributed by atoms with van der Waals surface area (Å²) in [6, 6.07) is 27.1. The molecule has 0 unspecified atom stereocenters. The van der Waals surface area contributed by atoms with Crippen LogP contribution in [0.3, 0.4) is 0 Å². The van der Waals surface area contributed by atoms with Crippen LogP contribution in [0.2, 0.25) is 15.1 Å². The number of aromatic nitrogens is 2. The van der Waals surface area contributed by atoms with E-state index in [1.54, 1.807) is 0 Å². The fourth-order valence-corrected chi connectivity index (χ4v) is 8.78. The summed E-state index contributed by atoms with van der Waals surface area (Å²) in [5.74, 6) is -0.263. The molecule has 1 aliphatic carbocycles. The molecule has 47 heavy (non-hydrogen) atoms. The maximum absolute atomic E-state index is 13.6. The maximum Gasteiger partial charge on any atom is 0.252 e. The first kappa shape index (κ1) is 32.2. The lowest BCUT2D eigenvalue weighted by Gasteiger charge is -2.32. The molecular formula is C36H33Cl3N4O3S. The summed E-state index contributed by atoms with van der Waals surface area (Å²) in [6.45, 7) is 0.744.